The molecule has 6 heteroatoms. The Bertz CT molecular complexity index is 1910. The Morgan fingerprint density at radius 3 is 2.31 bits per heavy atom. The van der Waals surface area contributed by atoms with Gasteiger partial charge in [0.2, 0.25) is 5.43 Å². The van der Waals surface area contributed by atoms with E-state index in [0.717, 1.165) is 4.47 Å². The molecular weight excluding hydrogens is 520 g/mol. The van der Waals surface area contributed by atoms with Crippen molar-refractivity contribution in [3.8, 4) is 22.6 Å². The van der Waals surface area contributed by atoms with Crippen LogP contribution < -0.4 is 5.43 Å². The molecule has 6 aromatic rings. The Kier molecular flexibility index (Phi) is 5.12. The van der Waals surface area contributed by atoms with E-state index in [1.165, 1.54) is 12.1 Å². The van der Waals surface area contributed by atoms with Gasteiger partial charge < -0.3 is 14.6 Å². The summed E-state index contributed by atoms with van der Waals surface area (Å²) in [7, 11) is 0. The van der Waals surface area contributed by atoms with Gasteiger partial charge in [0.25, 0.3) is 0 Å². The molecule has 1 heterocycles. The Hall–Kier alpha value is -4.42. The standard InChI is InChI=1S/C30H17BrO5/c31-18-11-13-24-22(15-18)29(35)26-19-12-10-17(27(33)20-8-4-5-9-23(20)32)14-21(19)28(34)25(30(26)36-24)16-6-2-1-3-7-16/h1-15,32,34H. The van der Waals surface area contributed by atoms with Crippen LogP contribution >= 0.6 is 15.9 Å². The van der Waals surface area contributed by atoms with E-state index < -0.39 is 5.78 Å². The number of phenolic OH excluding ortho intramolecular Hbond substituents is 2. The molecule has 0 aliphatic carbocycles. The topological polar surface area (TPSA) is 87.7 Å². The lowest BCUT2D eigenvalue weighted by Gasteiger charge is -2.14. The number of para-hydroxylation sites is 1. The first-order valence-corrected chi connectivity index (χ1v) is 12.0. The average Bonchev–Trinajstić information content (AvgIpc) is 2.89. The molecular formula is C30H17BrO5. The number of aromatic hydroxyl groups is 2. The molecule has 0 atom stereocenters. The van der Waals surface area contributed by atoms with Gasteiger partial charge in [-0.05, 0) is 42.0 Å². The fourth-order valence-corrected chi connectivity index (χ4v) is 4.98. The fourth-order valence-electron chi connectivity index (χ4n) is 4.62. The van der Waals surface area contributed by atoms with Crippen molar-refractivity contribution in [2.45, 2.75) is 0 Å². The second-order valence-corrected chi connectivity index (χ2v) is 9.39. The molecule has 36 heavy (non-hydrogen) atoms. The minimum atomic E-state index is -0.398. The molecule has 1 aromatic heterocycles. The summed E-state index contributed by atoms with van der Waals surface area (Å²) in [5, 5.41) is 23.2. The van der Waals surface area contributed by atoms with Crippen molar-refractivity contribution >= 4 is 54.4 Å². The van der Waals surface area contributed by atoms with Gasteiger partial charge in [0.05, 0.1) is 21.9 Å². The summed E-state index contributed by atoms with van der Waals surface area (Å²) >= 11 is 3.42. The van der Waals surface area contributed by atoms with Gasteiger partial charge in [0.1, 0.15) is 17.1 Å². The van der Waals surface area contributed by atoms with Crippen LogP contribution in [0.5, 0.6) is 11.5 Å². The van der Waals surface area contributed by atoms with E-state index in [1.54, 1.807) is 48.5 Å². The zero-order valence-electron chi connectivity index (χ0n) is 18.7. The second-order valence-electron chi connectivity index (χ2n) is 8.47. The molecule has 5 nitrogen and oxygen atoms in total. The summed E-state index contributed by atoms with van der Waals surface area (Å²) in [5.74, 6) is -0.631. The number of halogens is 1. The molecule has 6 rings (SSSR count). The normalized spacial score (nSPS) is 11.4. The lowest BCUT2D eigenvalue weighted by Crippen LogP contribution is -2.05. The van der Waals surface area contributed by atoms with Crippen LogP contribution in [0.15, 0.2) is 105 Å². The van der Waals surface area contributed by atoms with Gasteiger partial charge in [-0.3, -0.25) is 9.59 Å². The molecule has 0 aliphatic rings. The maximum absolute atomic E-state index is 13.8. The number of phenols is 2. The van der Waals surface area contributed by atoms with E-state index in [2.05, 4.69) is 15.9 Å². The average molecular weight is 537 g/mol. The number of carbonyl (C=O) groups excluding carboxylic acids is 1. The summed E-state index contributed by atoms with van der Waals surface area (Å²) in [6.45, 7) is 0. The predicted octanol–water partition coefficient (Wildman–Crippen LogP) is 7.17. The van der Waals surface area contributed by atoms with Crippen LogP contribution in [0.1, 0.15) is 15.9 Å². The third-order valence-corrected chi connectivity index (χ3v) is 6.83. The SMILES string of the molecule is O=C(c1ccc2c(c1)c(O)c(-c1ccccc1)c1oc3ccc(Br)cc3c(=O)c12)c1ccccc1O. The van der Waals surface area contributed by atoms with Gasteiger partial charge >= 0.3 is 0 Å². The largest absolute Gasteiger partial charge is 0.507 e. The highest BCUT2D eigenvalue weighted by Gasteiger charge is 2.23. The number of ketones is 1. The number of carbonyl (C=O) groups is 1. The highest BCUT2D eigenvalue weighted by molar-refractivity contribution is 9.10. The van der Waals surface area contributed by atoms with Crippen LogP contribution in [0.3, 0.4) is 0 Å². The number of rotatable bonds is 3. The summed E-state index contributed by atoms with van der Waals surface area (Å²) in [5.41, 5.74) is 1.88. The zero-order chi connectivity index (χ0) is 25.0. The Balaban J connectivity index is 1.75. The molecule has 0 amide bonds. The van der Waals surface area contributed by atoms with E-state index in [0.29, 0.717) is 38.3 Å². The molecule has 0 aliphatic heterocycles. The van der Waals surface area contributed by atoms with E-state index in [4.69, 9.17) is 4.42 Å². The van der Waals surface area contributed by atoms with Crippen molar-refractivity contribution in [3.63, 3.8) is 0 Å². The Morgan fingerprint density at radius 2 is 1.53 bits per heavy atom. The number of hydrogen-bond donors (Lipinski definition) is 2. The van der Waals surface area contributed by atoms with Gasteiger partial charge in [0.15, 0.2) is 11.4 Å². The van der Waals surface area contributed by atoms with Crippen LogP contribution in [-0.4, -0.2) is 16.0 Å². The Labute approximate surface area is 213 Å². The van der Waals surface area contributed by atoms with Gasteiger partial charge in [-0.1, -0.05) is 70.5 Å². The highest BCUT2D eigenvalue weighted by atomic mass is 79.9. The van der Waals surface area contributed by atoms with Crippen molar-refractivity contribution < 1.29 is 19.4 Å². The number of benzene rings is 5. The molecule has 0 spiro atoms. The third kappa shape index (κ3) is 3.38. The minimum Gasteiger partial charge on any atom is -0.507 e. The summed E-state index contributed by atoms with van der Waals surface area (Å²) in [4.78, 5) is 27.0. The Morgan fingerprint density at radius 1 is 0.778 bits per heavy atom. The van der Waals surface area contributed by atoms with E-state index in [9.17, 15) is 19.8 Å². The predicted molar refractivity (Wildman–Crippen MR) is 144 cm³/mol. The van der Waals surface area contributed by atoms with Gasteiger partial charge in [-0.25, -0.2) is 0 Å². The van der Waals surface area contributed by atoms with Crippen molar-refractivity contribution in [2.75, 3.05) is 0 Å². The van der Waals surface area contributed by atoms with Crippen molar-refractivity contribution in [1.82, 2.24) is 0 Å². The van der Waals surface area contributed by atoms with Gasteiger partial charge in [-0.2, -0.15) is 0 Å². The number of hydrogen-bond acceptors (Lipinski definition) is 5. The van der Waals surface area contributed by atoms with Crippen molar-refractivity contribution in [3.05, 3.63) is 117 Å². The van der Waals surface area contributed by atoms with Crippen LogP contribution in [0, 0.1) is 0 Å². The first kappa shape index (κ1) is 22.1. The molecule has 0 radical (unpaired) electrons. The van der Waals surface area contributed by atoms with Crippen molar-refractivity contribution in [1.29, 1.82) is 0 Å². The lowest BCUT2D eigenvalue weighted by molar-refractivity contribution is 0.103. The molecule has 2 N–H and O–H groups in total. The quantitative estimate of drug-likeness (QED) is 0.142. The van der Waals surface area contributed by atoms with E-state index in [-0.39, 0.29) is 33.6 Å². The zero-order valence-corrected chi connectivity index (χ0v) is 20.2. The van der Waals surface area contributed by atoms with Crippen LogP contribution in [-0.2, 0) is 0 Å². The summed E-state index contributed by atoms with van der Waals surface area (Å²) in [6, 6.07) is 25.4. The molecule has 0 bridgehead atoms. The summed E-state index contributed by atoms with van der Waals surface area (Å²) < 4.78 is 6.98. The van der Waals surface area contributed by atoms with E-state index >= 15 is 0 Å². The second kappa shape index (κ2) is 8.36. The minimum absolute atomic E-state index is 0.102. The molecule has 0 saturated carbocycles. The molecule has 5 aromatic carbocycles. The van der Waals surface area contributed by atoms with E-state index in [1.807, 2.05) is 30.3 Å². The van der Waals surface area contributed by atoms with Crippen LogP contribution in [0.2, 0.25) is 0 Å². The molecule has 174 valence electrons. The molecule has 0 fully saturated rings. The highest BCUT2D eigenvalue weighted by Crippen LogP contribution is 2.43. The monoisotopic (exact) mass is 536 g/mol. The third-order valence-electron chi connectivity index (χ3n) is 6.33. The van der Waals surface area contributed by atoms with Crippen LogP contribution in [0.4, 0.5) is 0 Å². The number of fused-ring (bicyclic) bond motifs is 4. The lowest BCUT2D eigenvalue weighted by atomic mass is 9.92. The first-order valence-electron chi connectivity index (χ1n) is 11.2. The molecule has 0 unspecified atom stereocenters. The fraction of sp³-hybridized carbons (Fsp3) is 0. The van der Waals surface area contributed by atoms with Gasteiger partial charge in [0, 0.05) is 20.8 Å². The smallest absolute Gasteiger partial charge is 0.201 e. The summed E-state index contributed by atoms with van der Waals surface area (Å²) in [6.07, 6.45) is 0. The maximum Gasteiger partial charge on any atom is 0.201 e. The van der Waals surface area contributed by atoms with Crippen molar-refractivity contribution in [2.24, 2.45) is 0 Å². The maximum atomic E-state index is 13.8. The van der Waals surface area contributed by atoms with Crippen LogP contribution in [0.25, 0.3) is 43.8 Å². The first-order chi connectivity index (χ1) is 17.4. The molecule has 0 saturated heterocycles. The van der Waals surface area contributed by atoms with Gasteiger partial charge in [-0.15, -0.1) is 0 Å².